The third kappa shape index (κ3) is 2.67. The van der Waals surface area contributed by atoms with Crippen LogP contribution in [0.1, 0.15) is 43.2 Å². The van der Waals surface area contributed by atoms with Crippen LogP contribution in [-0.4, -0.2) is 28.4 Å². The van der Waals surface area contributed by atoms with Crippen LogP contribution in [0.15, 0.2) is 48.5 Å². The largest absolute Gasteiger partial charge is 0.355 e. The number of ether oxygens (including phenoxy) is 2. The first-order chi connectivity index (χ1) is 11.2. The van der Waals surface area contributed by atoms with Crippen LogP contribution in [-0.2, 0) is 9.47 Å². The van der Waals surface area contributed by atoms with Crippen molar-refractivity contribution in [2.24, 2.45) is 0 Å². The van der Waals surface area contributed by atoms with Gasteiger partial charge in [-0.25, -0.2) is 0 Å². The molecule has 120 valence electrons. The molecular formula is C20H24O2Si. The van der Waals surface area contributed by atoms with Gasteiger partial charge < -0.3 is 9.47 Å². The molecule has 2 nitrogen and oxygen atoms in total. The second-order valence-electron chi connectivity index (χ2n) is 6.91. The predicted molar refractivity (Wildman–Crippen MR) is 96.7 cm³/mol. The number of hydrogen-bond donors (Lipinski definition) is 0. The fourth-order valence-corrected chi connectivity index (χ4v) is 5.09. The minimum atomic E-state index is -0.301. The molecule has 2 aromatic rings. The van der Waals surface area contributed by atoms with Crippen LogP contribution >= 0.6 is 0 Å². The first kappa shape index (κ1) is 15.1. The van der Waals surface area contributed by atoms with E-state index in [9.17, 15) is 0 Å². The van der Waals surface area contributed by atoms with Crippen molar-refractivity contribution in [2.45, 2.75) is 43.6 Å². The van der Waals surface area contributed by atoms with E-state index in [4.69, 9.17) is 9.47 Å². The van der Waals surface area contributed by atoms with E-state index in [-0.39, 0.29) is 11.5 Å². The van der Waals surface area contributed by atoms with Crippen LogP contribution in [0.4, 0.5) is 0 Å². The highest BCUT2D eigenvalue weighted by Gasteiger charge is 2.37. The Bertz CT molecular complexity index is 661. The van der Waals surface area contributed by atoms with Crippen LogP contribution in [0.5, 0.6) is 0 Å². The molecule has 0 N–H and O–H groups in total. The smallest absolute Gasteiger partial charge is 0.141 e. The van der Waals surface area contributed by atoms with Crippen molar-refractivity contribution in [2.75, 3.05) is 6.61 Å². The van der Waals surface area contributed by atoms with E-state index in [1.165, 1.54) is 28.7 Å². The fraction of sp³-hybridized carbons (Fsp3) is 0.400. The van der Waals surface area contributed by atoms with Gasteiger partial charge in [-0.3, -0.25) is 0 Å². The molecule has 2 aromatic carbocycles. The van der Waals surface area contributed by atoms with Crippen molar-refractivity contribution >= 4 is 10.2 Å². The maximum Gasteiger partial charge on any atom is 0.141 e. The van der Waals surface area contributed by atoms with Crippen LogP contribution in [0.3, 0.4) is 0 Å². The molecule has 2 aliphatic rings. The molecular weight excluding hydrogens is 300 g/mol. The standard InChI is InChI=1S/C20H24O2Si/c1-14(22-20(23)12-6-7-13-21-20)19-17-10-4-2-8-15(17)16-9-3-5-11-18(16)19/h2-5,8-11,14,19H,6-7,12-13H2,1,23H3. The van der Waals surface area contributed by atoms with Crippen LogP contribution in [0, 0.1) is 0 Å². The summed E-state index contributed by atoms with van der Waals surface area (Å²) in [5, 5.41) is 0. The summed E-state index contributed by atoms with van der Waals surface area (Å²) in [4.78, 5) is 0. The highest BCUT2D eigenvalue weighted by atomic mass is 28.1. The van der Waals surface area contributed by atoms with Crippen molar-refractivity contribution in [3.05, 3.63) is 59.7 Å². The van der Waals surface area contributed by atoms with Gasteiger partial charge in [0.2, 0.25) is 0 Å². The molecule has 0 saturated carbocycles. The van der Waals surface area contributed by atoms with Gasteiger partial charge in [-0.1, -0.05) is 48.5 Å². The lowest BCUT2D eigenvalue weighted by molar-refractivity contribution is -0.220. The summed E-state index contributed by atoms with van der Waals surface area (Å²) in [6.07, 6.45) is 3.54. The van der Waals surface area contributed by atoms with Crippen molar-refractivity contribution in [3.63, 3.8) is 0 Å². The monoisotopic (exact) mass is 324 g/mol. The molecule has 4 rings (SSSR count). The summed E-state index contributed by atoms with van der Waals surface area (Å²) in [5.74, 6) is 0.304. The lowest BCUT2D eigenvalue weighted by Gasteiger charge is -2.38. The van der Waals surface area contributed by atoms with Crippen molar-refractivity contribution in [3.8, 4) is 11.1 Å². The third-order valence-corrected chi connectivity index (χ3v) is 6.24. The normalized spacial score (nSPS) is 25.1. The SMILES string of the molecule is CC(OC1([SiH3])CCCCO1)C1c2ccccc2-c2ccccc21. The maximum absolute atomic E-state index is 6.52. The summed E-state index contributed by atoms with van der Waals surface area (Å²) in [7, 11) is 0.918. The van der Waals surface area contributed by atoms with Crippen molar-refractivity contribution < 1.29 is 9.47 Å². The topological polar surface area (TPSA) is 18.5 Å². The Kier molecular flexibility index (Phi) is 3.88. The van der Waals surface area contributed by atoms with E-state index in [1.807, 2.05) is 0 Å². The van der Waals surface area contributed by atoms with Gasteiger partial charge in [0.25, 0.3) is 0 Å². The maximum atomic E-state index is 6.52. The number of fused-ring (bicyclic) bond motifs is 3. The van der Waals surface area contributed by atoms with E-state index < -0.39 is 0 Å². The van der Waals surface area contributed by atoms with Gasteiger partial charge in [0.05, 0.1) is 16.3 Å². The number of hydrogen-bond acceptors (Lipinski definition) is 2. The Morgan fingerprint density at radius 1 is 1.04 bits per heavy atom. The van der Waals surface area contributed by atoms with Gasteiger partial charge in [-0.2, -0.15) is 0 Å². The molecule has 0 aromatic heterocycles. The Morgan fingerprint density at radius 3 is 2.22 bits per heavy atom. The minimum Gasteiger partial charge on any atom is -0.355 e. The average molecular weight is 324 g/mol. The molecule has 3 heteroatoms. The Morgan fingerprint density at radius 2 is 1.65 bits per heavy atom. The molecule has 2 unspecified atom stereocenters. The summed E-state index contributed by atoms with van der Waals surface area (Å²) >= 11 is 0. The van der Waals surface area contributed by atoms with Gasteiger partial charge in [0.1, 0.15) is 5.41 Å². The zero-order valence-electron chi connectivity index (χ0n) is 13.9. The van der Waals surface area contributed by atoms with Crippen molar-refractivity contribution in [1.82, 2.24) is 0 Å². The second-order valence-corrected chi connectivity index (χ2v) is 8.44. The summed E-state index contributed by atoms with van der Waals surface area (Å²) in [6, 6.07) is 17.5. The molecule has 1 saturated heterocycles. The van der Waals surface area contributed by atoms with Gasteiger partial charge in [0, 0.05) is 12.5 Å². The van der Waals surface area contributed by atoms with E-state index >= 15 is 0 Å². The molecule has 0 spiro atoms. The zero-order chi connectivity index (χ0) is 15.9. The summed E-state index contributed by atoms with van der Waals surface area (Å²) < 4.78 is 12.5. The zero-order valence-corrected chi connectivity index (χ0v) is 15.9. The van der Waals surface area contributed by atoms with Gasteiger partial charge >= 0.3 is 0 Å². The van der Waals surface area contributed by atoms with Crippen LogP contribution < -0.4 is 0 Å². The number of rotatable bonds is 3. The minimum absolute atomic E-state index is 0.121. The lowest BCUT2D eigenvalue weighted by atomic mass is 9.92. The Balaban J connectivity index is 1.68. The van der Waals surface area contributed by atoms with Crippen LogP contribution in [0.25, 0.3) is 11.1 Å². The highest BCUT2D eigenvalue weighted by molar-refractivity contribution is 6.13. The highest BCUT2D eigenvalue weighted by Crippen LogP contribution is 2.47. The third-order valence-electron chi connectivity index (χ3n) is 5.22. The van der Waals surface area contributed by atoms with Gasteiger partial charge in [-0.05, 0) is 48.4 Å². The number of benzene rings is 2. The Labute approximate surface area is 141 Å². The predicted octanol–water partition coefficient (Wildman–Crippen LogP) is 3.42. The first-order valence-electron chi connectivity index (χ1n) is 8.68. The summed E-state index contributed by atoms with van der Waals surface area (Å²) in [6.45, 7) is 3.05. The van der Waals surface area contributed by atoms with Gasteiger partial charge in [-0.15, -0.1) is 0 Å². The van der Waals surface area contributed by atoms with E-state index in [0.29, 0.717) is 5.92 Å². The molecule has 1 aliphatic heterocycles. The molecule has 23 heavy (non-hydrogen) atoms. The molecule has 1 fully saturated rings. The van der Waals surface area contributed by atoms with E-state index in [1.54, 1.807) is 0 Å². The molecule has 2 atom stereocenters. The van der Waals surface area contributed by atoms with E-state index in [2.05, 4.69) is 55.5 Å². The quantitative estimate of drug-likeness (QED) is 0.806. The van der Waals surface area contributed by atoms with Gasteiger partial charge in [0.15, 0.2) is 0 Å². The van der Waals surface area contributed by atoms with E-state index in [0.717, 1.165) is 29.7 Å². The molecule has 0 bridgehead atoms. The second kappa shape index (κ2) is 5.89. The van der Waals surface area contributed by atoms with Crippen molar-refractivity contribution in [1.29, 1.82) is 0 Å². The lowest BCUT2D eigenvalue weighted by Crippen LogP contribution is -2.43. The molecule has 1 heterocycles. The fourth-order valence-electron chi connectivity index (χ4n) is 4.16. The molecule has 0 radical (unpaired) electrons. The molecule has 1 aliphatic carbocycles. The first-order valence-corrected chi connectivity index (χ1v) is 9.68. The molecule has 0 amide bonds. The summed E-state index contributed by atoms with van der Waals surface area (Å²) in [5.41, 5.74) is 5.19. The van der Waals surface area contributed by atoms with Crippen LogP contribution in [0.2, 0.25) is 0 Å². The average Bonchev–Trinajstić information content (AvgIpc) is 2.90. The Hall–Kier alpha value is -1.42.